The van der Waals surface area contributed by atoms with Crippen LogP contribution in [-0.4, -0.2) is 38.1 Å². The molecule has 1 radical (unpaired) electrons. The molecule has 0 heterocycles. The van der Waals surface area contributed by atoms with Gasteiger partial charge >= 0.3 is 0 Å². The Labute approximate surface area is 73.4 Å². The van der Waals surface area contributed by atoms with Crippen LogP contribution in [0.2, 0.25) is 0 Å². The number of hydrogen-bond acceptors (Lipinski definition) is 4. The summed E-state index contributed by atoms with van der Waals surface area (Å²) in [5.41, 5.74) is 0. The normalized spacial score (nSPS) is 10.5. The number of aliphatic hydroxyl groups is 1. The highest BCUT2D eigenvalue weighted by Crippen LogP contribution is 1.88. The van der Waals surface area contributed by atoms with Crippen LogP contribution in [0.1, 0.15) is 12.8 Å². The van der Waals surface area contributed by atoms with Crippen LogP contribution in [-0.2, 0) is 14.5 Å². The standard InChI is InChI=1S/C8H17O4/c1-2-3-5-11-12-8-7-10-6-4-9/h9H,1-8H2. The Morgan fingerprint density at radius 3 is 2.42 bits per heavy atom. The first-order valence-corrected chi connectivity index (χ1v) is 4.14. The molecule has 0 saturated carbocycles. The van der Waals surface area contributed by atoms with Gasteiger partial charge in [-0.15, -0.1) is 0 Å². The van der Waals surface area contributed by atoms with E-state index in [0.717, 1.165) is 12.8 Å². The summed E-state index contributed by atoms with van der Waals surface area (Å²) < 4.78 is 4.92. The fourth-order valence-corrected chi connectivity index (χ4v) is 0.538. The zero-order chi connectivity index (χ0) is 9.07. The summed E-state index contributed by atoms with van der Waals surface area (Å²) in [7, 11) is 0. The lowest BCUT2D eigenvalue weighted by atomic mass is 10.4. The van der Waals surface area contributed by atoms with E-state index in [1.807, 2.05) is 0 Å². The lowest BCUT2D eigenvalue weighted by Crippen LogP contribution is -2.08. The van der Waals surface area contributed by atoms with Gasteiger partial charge in [0.05, 0.1) is 26.4 Å². The van der Waals surface area contributed by atoms with Crippen molar-refractivity contribution in [1.29, 1.82) is 0 Å². The highest BCUT2D eigenvalue weighted by atomic mass is 17.2. The van der Waals surface area contributed by atoms with E-state index in [0.29, 0.717) is 26.4 Å². The van der Waals surface area contributed by atoms with Crippen LogP contribution in [0.5, 0.6) is 0 Å². The molecule has 0 aliphatic carbocycles. The Bertz CT molecular complexity index is 67.5. The quantitative estimate of drug-likeness (QED) is 0.317. The van der Waals surface area contributed by atoms with Gasteiger partial charge in [0, 0.05) is 0 Å². The molecule has 0 saturated heterocycles. The monoisotopic (exact) mass is 177 g/mol. The van der Waals surface area contributed by atoms with E-state index < -0.39 is 0 Å². The lowest BCUT2D eigenvalue weighted by Gasteiger charge is -2.03. The third-order valence-corrected chi connectivity index (χ3v) is 1.11. The third-order valence-electron chi connectivity index (χ3n) is 1.11. The molecule has 0 spiro atoms. The smallest absolute Gasteiger partial charge is 0.106 e. The SMILES string of the molecule is [CH2]CCCOOCCOCCO. The molecule has 0 fully saturated rings. The molecular weight excluding hydrogens is 160 g/mol. The van der Waals surface area contributed by atoms with Gasteiger partial charge in [-0.3, -0.25) is 0 Å². The molecule has 0 aromatic rings. The number of ether oxygens (including phenoxy) is 1. The molecule has 0 unspecified atom stereocenters. The van der Waals surface area contributed by atoms with E-state index in [2.05, 4.69) is 6.92 Å². The van der Waals surface area contributed by atoms with Crippen LogP contribution in [0.15, 0.2) is 0 Å². The van der Waals surface area contributed by atoms with Crippen molar-refractivity contribution in [3.63, 3.8) is 0 Å². The third kappa shape index (κ3) is 9.84. The van der Waals surface area contributed by atoms with Crippen LogP contribution in [0.4, 0.5) is 0 Å². The lowest BCUT2D eigenvalue weighted by molar-refractivity contribution is -0.299. The Morgan fingerprint density at radius 1 is 1.00 bits per heavy atom. The number of unbranched alkanes of at least 4 members (excludes halogenated alkanes) is 1. The minimum absolute atomic E-state index is 0.0440. The second-order valence-electron chi connectivity index (χ2n) is 2.19. The second-order valence-corrected chi connectivity index (χ2v) is 2.19. The van der Waals surface area contributed by atoms with E-state index in [1.165, 1.54) is 0 Å². The van der Waals surface area contributed by atoms with Crippen molar-refractivity contribution in [1.82, 2.24) is 0 Å². The number of hydrogen-bond donors (Lipinski definition) is 1. The van der Waals surface area contributed by atoms with Crippen LogP contribution in [0.3, 0.4) is 0 Å². The van der Waals surface area contributed by atoms with Crippen molar-refractivity contribution >= 4 is 0 Å². The van der Waals surface area contributed by atoms with Crippen molar-refractivity contribution < 1.29 is 19.6 Å². The first-order valence-electron chi connectivity index (χ1n) is 4.14. The van der Waals surface area contributed by atoms with E-state index in [1.54, 1.807) is 0 Å². The molecule has 0 atom stereocenters. The number of aliphatic hydroxyl groups excluding tert-OH is 1. The van der Waals surface area contributed by atoms with E-state index in [9.17, 15) is 0 Å². The van der Waals surface area contributed by atoms with Crippen molar-refractivity contribution in [3.8, 4) is 0 Å². The molecule has 4 heteroatoms. The Kier molecular flexibility index (Phi) is 10.7. The van der Waals surface area contributed by atoms with Crippen molar-refractivity contribution in [2.24, 2.45) is 0 Å². The molecule has 0 aliphatic rings. The minimum atomic E-state index is 0.0440. The van der Waals surface area contributed by atoms with Gasteiger partial charge in [-0.25, -0.2) is 9.78 Å². The predicted molar refractivity (Wildman–Crippen MR) is 44.4 cm³/mol. The van der Waals surface area contributed by atoms with Crippen molar-refractivity contribution in [2.45, 2.75) is 12.8 Å². The summed E-state index contributed by atoms with van der Waals surface area (Å²) in [6.45, 7) is 5.47. The average molecular weight is 177 g/mol. The van der Waals surface area contributed by atoms with Crippen molar-refractivity contribution in [3.05, 3.63) is 6.92 Å². The highest BCUT2D eigenvalue weighted by Gasteiger charge is 1.89. The summed E-state index contributed by atoms with van der Waals surface area (Å²) in [6, 6.07) is 0. The van der Waals surface area contributed by atoms with Crippen LogP contribution in [0, 0.1) is 6.92 Å². The van der Waals surface area contributed by atoms with Crippen molar-refractivity contribution in [2.75, 3.05) is 33.0 Å². The molecule has 0 amide bonds. The highest BCUT2D eigenvalue weighted by molar-refractivity contribution is 4.36. The Morgan fingerprint density at radius 2 is 1.75 bits per heavy atom. The summed E-state index contributed by atoms with van der Waals surface area (Å²) in [6.07, 6.45) is 1.75. The predicted octanol–water partition coefficient (Wildman–Crippen LogP) is 0.558. The fraction of sp³-hybridized carbons (Fsp3) is 0.875. The summed E-state index contributed by atoms with van der Waals surface area (Å²) in [4.78, 5) is 9.52. The average Bonchev–Trinajstić information content (AvgIpc) is 2.10. The maximum atomic E-state index is 8.33. The molecular formula is C8H17O4. The summed E-state index contributed by atoms with van der Waals surface area (Å²) >= 11 is 0. The van der Waals surface area contributed by atoms with Gasteiger partial charge in [0.1, 0.15) is 6.61 Å². The van der Waals surface area contributed by atoms with Crippen LogP contribution >= 0.6 is 0 Å². The fourth-order valence-electron chi connectivity index (χ4n) is 0.538. The topological polar surface area (TPSA) is 47.9 Å². The largest absolute Gasteiger partial charge is 0.394 e. The zero-order valence-corrected chi connectivity index (χ0v) is 7.33. The van der Waals surface area contributed by atoms with Gasteiger partial charge in [0.15, 0.2) is 0 Å². The van der Waals surface area contributed by atoms with Gasteiger partial charge in [-0.1, -0.05) is 13.3 Å². The molecule has 0 bridgehead atoms. The Balaban J connectivity index is 2.73. The maximum absolute atomic E-state index is 8.33. The first-order chi connectivity index (χ1) is 5.91. The minimum Gasteiger partial charge on any atom is -0.394 e. The summed E-state index contributed by atoms with van der Waals surface area (Å²) in [5.74, 6) is 0. The van der Waals surface area contributed by atoms with Gasteiger partial charge in [0.25, 0.3) is 0 Å². The van der Waals surface area contributed by atoms with Gasteiger partial charge in [-0.05, 0) is 6.42 Å². The molecule has 12 heavy (non-hydrogen) atoms. The molecule has 0 aromatic carbocycles. The van der Waals surface area contributed by atoms with E-state index in [-0.39, 0.29) is 6.61 Å². The maximum Gasteiger partial charge on any atom is 0.106 e. The molecule has 73 valence electrons. The molecule has 4 nitrogen and oxygen atoms in total. The molecule has 0 aromatic heterocycles. The number of rotatable bonds is 9. The van der Waals surface area contributed by atoms with Crippen LogP contribution in [0.25, 0.3) is 0 Å². The van der Waals surface area contributed by atoms with Gasteiger partial charge in [0.2, 0.25) is 0 Å². The molecule has 0 aliphatic heterocycles. The van der Waals surface area contributed by atoms with Crippen LogP contribution < -0.4 is 0 Å². The van der Waals surface area contributed by atoms with Gasteiger partial charge < -0.3 is 9.84 Å². The zero-order valence-electron chi connectivity index (χ0n) is 7.33. The molecule has 1 N–H and O–H groups in total. The Hall–Kier alpha value is -0.160. The summed E-state index contributed by atoms with van der Waals surface area (Å²) in [5, 5.41) is 8.33. The first kappa shape index (κ1) is 11.8. The van der Waals surface area contributed by atoms with Gasteiger partial charge in [-0.2, -0.15) is 0 Å². The molecule has 0 rings (SSSR count). The van der Waals surface area contributed by atoms with E-state index >= 15 is 0 Å². The van der Waals surface area contributed by atoms with E-state index in [4.69, 9.17) is 19.6 Å². The second kappa shape index (κ2) is 10.8.